The molecule has 0 atom stereocenters. The predicted octanol–water partition coefficient (Wildman–Crippen LogP) is 20.0. The Morgan fingerprint density at radius 1 is 0.264 bits per heavy atom. The molecule has 2 aliphatic heterocycles. The molecule has 12 aromatic rings. The zero-order chi connectivity index (χ0) is 47.7. The highest BCUT2D eigenvalue weighted by Gasteiger charge is 2.32. The maximum absolute atomic E-state index is 8.55. The minimum Gasteiger partial charge on any atom is -0.309 e. The summed E-state index contributed by atoms with van der Waals surface area (Å²) in [5, 5.41) is 2.98. The minimum absolute atomic E-state index is 0.606. The monoisotopic (exact) mass is 975 g/mol. The van der Waals surface area contributed by atoms with Crippen molar-refractivity contribution < 1.29 is 0 Å². The van der Waals surface area contributed by atoms with E-state index in [1.165, 1.54) is 30.4 Å². The Bertz CT molecular complexity index is 3680. The summed E-state index contributed by atoms with van der Waals surface area (Å²) in [5.41, 5.74) is 18.0. The van der Waals surface area contributed by atoms with Gasteiger partial charge in [-0.2, -0.15) is 0 Å². The maximum Gasteiger partial charge on any atom is 0.0888 e. The molecule has 340 valence electrons. The lowest BCUT2D eigenvalue weighted by Crippen LogP contribution is -2.18. The zero-order valence-corrected chi connectivity index (χ0v) is 41.2. The van der Waals surface area contributed by atoms with Crippen LogP contribution >= 0.6 is 35.1 Å². The van der Waals surface area contributed by atoms with Crippen molar-refractivity contribution in [3.05, 3.63) is 260 Å². The van der Waals surface area contributed by atoms with Gasteiger partial charge in [-0.15, -0.1) is 0 Å². The summed E-state index contributed by atoms with van der Waals surface area (Å²) in [6.07, 6.45) is 0. The van der Waals surface area contributed by atoms with Gasteiger partial charge in [-0.3, -0.25) is 0 Å². The predicted molar refractivity (Wildman–Crippen MR) is 305 cm³/mol. The number of benzene rings is 11. The average Bonchev–Trinajstić information content (AvgIpc) is 3.77. The van der Waals surface area contributed by atoms with Crippen LogP contribution in [0.2, 0.25) is 5.02 Å². The largest absolute Gasteiger partial charge is 0.309 e. The van der Waals surface area contributed by atoms with Crippen LogP contribution in [0.25, 0.3) is 72.0 Å². The van der Waals surface area contributed by atoms with Crippen LogP contribution in [0, 0.1) is 0 Å². The molecular weight excluding hydrogens is 934 g/mol. The standard InChI is InChI=1S/C66H42ClN3S2/c67-66-60(69-56-33-13-3-23-46(56)50-27-7-17-37-62(50)71-63-38-18-8-28-51(63)47-24-4-14-34-57(47)69)41-43(68-54-31-11-1-21-44(54)45-22-2-12-32-55(45)68)42-61(66)70-58-35-15-5-25-48(58)52-29-9-19-39-64(52)72-65-40-20-10-30-53(65)49-26-6-16-36-59(49)70/h1-42H. The van der Waals surface area contributed by atoms with Crippen LogP contribution in [0.4, 0.5) is 34.1 Å². The van der Waals surface area contributed by atoms with Crippen LogP contribution in [0.5, 0.6) is 0 Å². The molecule has 0 unspecified atom stereocenters. The number of aromatic nitrogens is 1. The maximum atomic E-state index is 8.55. The number of hydrogen-bond donors (Lipinski definition) is 0. The molecule has 3 nitrogen and oxygen atoms in total. The molecule has 0 fully saturated rings. The number of rotatable bonds is 3. The zero-order valence-electron chi connectivity index (χ0n) is 38.8. The fourth-order valence-corrected chi connectivity index (χ4v) is 13.4. The first kappa shape index (κ1) is 42.7. The van der Waals surface area contributed by atoms with Crippen molar-refractivity contribution in [3.8, 4) is 50.2 Å². The molecule has 1 aromatic heterocycles. The van der Waals surface area contributed by atoms with Crippen LogP contribution in [-0.4, -0.2) is 4.57 Å². The third-order valence-corrected chi connectivity index (χ3v) is 16.8. The SMILES string of the molecule is Clc1c(N2c3ccccc3-c3ccccc3Sc3ccccc3-c3ccccc32)cc(-n2c3ccccc3c3ccccc32)cc1N1c2ccccc2-c2ccccc2Sc2ccccc2-c2ccccc21. The molecule has 0 aliphatic carbocycles. The van der Waals surface area contributed by atoms with Crippen LogP contribution in [0.15, 0.2) is 274 Å². The van der Waals surface area contributed by atoms with Gasteiger partial charge in [-0.05, 0) is 95.1 Å². The highest BCUT2D eigenvalue weighted by molar-refractivity contribution is 8.00. The Balaban J connectivity index is 1.16. The molecule has 0 radical (unpaired) electrons. The topological polar surface area (TPSA) is 11.4 Å². The van der Waals surface area contributed by atoms with Crippen LogP contribution < -0.4 is 9.80 Å². The molecule has 72 heavy (non-hydrogen) atoms. The quantitative estimate of drug-likeness (QED) is 0.175. The molecule has 3 heterocycles. The molecule has 14 rings (SSSR count). The van der Waals surface area contributed by atoms with E-state index in [4.69, 9.17) is 11.6 Å². The van der Waals surface area contributed by atoms with E-state index in [0.29, 0.717) is 5.02 Å². The smallest absolute Gasteiger partial charge is 0.0888 e. The molecule has 0 saturated heterocycles. The van der Waals surface area contributed by atoms with Gasteiger partial charge in [0.2, 0.25) is 0 Å². The number of fused-ring (bicyclic) bond motifs is 15. The lowest BCUT2D eigenvalue weighted by atomic mass is 9.97. The molecule has 0 N–H and O–H groups in total. The molecule has 0 bridgehead atoms. The molecular formula is C66H42ClN3S2. The van der Waals surface area contributed by atoms with Crippen molar-refractivity contribution in [1.29, 1.82) is 0 Å². The van der Waals surface area contributed by atoms with Gasteiger partial charge in [-0.25, -0.2) is 0 Å². The van der Waals surface area contributed by atoms with Crippen LogP contribution in [-0.2, 0) is 0 Å². The highest BCUT2D eigenvalue weighted by Crippen LogP contribution is 2.57. The van der Waals surface area contributed by atoms with Gasteiger partial charge >= 0.3 is 0 Å². The molecule has 6 heteroatoms. The Morgan fingerprint density at radius 3 is 0.861 bits per heavy atom. The number of hydrogen-bond acceptors (Lipinski definition) is 4. The van der Waals surface area contributed by atoms with E-state index in [1.807, 2.05) is 23.5 Å². The van der Waals surface area contributed by atoms with Gasteiger partial charge in [0, 0.05) is 52.6 Å². The van der Waals surface area contributed by atoms with Crippen molar-refractivity contribution in [2.24, 2.45) is 0 Å². The van der Waals surface area contributed by atoms with E-state index in [2.05, 4.69) is 269 Å². The average molecular weight is 977 g/mol. The second kappa shape index (κ2) is 17.6. The van der Waals surface area contributed by atoms with Crippen LogP contribution in [0.3, 0.4) is 0 Å². The van der Waals surface area contributed by atoms with Crippen molar-refractivity contribution >= 4 is 91.1 Å². The third kappa shape index (κ3) is 6.91. The summed E-state index contributed by atoms with van der Waals surface area (Å²) >= 11 is 12.2. The van der Waals surface area contributed by atoms with Gasteiger partial charge in [0.1, 0.15) is 0 Å². The highest BCUT2D eigenvalue weighted by atomic mass is 35.5. The molecule has 0 saturated carbocycles. The van der Waals surface area contributed by atoms with Crippen LogP contribution in [0.1, 0.15) is 0 Å². The van der Waals surface area contributed by atoms with Crippen molar-refractivity contribution in [1.82, 2.24) is 4.57 Å². The molecule has 0 amide bonds. The first-order valence-electron chi connectivity index (χ1n) is 24.2. The Hall–Kier alpha value is -8.19. The van der Waals surface area contributed by atoms with E-state index in [-0.39, 0.29) is 0 Å². The fourth-order valence-electron chi connectivity index (χ4n) is 10.9. The fraction of sp³-hybridized carbons (Fsp3) is 0. The Morgan fingerprint density at radius 2 is 0.528 bits per heavy atom. The molecule has 0 spiro atoms. The number of anilines is 6. The third-order valence-electron chi connectivity index (χ3n) is 14.1. The Kier molecular flexibility index (Phi) is 10.4. The van der Waals surface area contributed by atoms with E-state index in [9.17, 15) is 0 Å². The summed E-state index contributed by atoms with van der Waals surface area (Å²) in [6, 6.07) is 92.6. The number of nitrogens with zero attached hydrogens (tertiary/aromatic N) is 3. The first-order valence-corrected chi connectivity index (χ1v) is 26.2. The summed E-state index contributed by atoms with van der Waals surface area (Å²) < 4.78 is 2.43. The summed E-state index contributed by atoms with van der Waals surface area (Å²) in [7, 11) is 0. The summed E-state index contributed by atoms with van der Waals surface area (Å²) in [5.74, 6) is 0. The van der Waals surface area contributed by atoms with E-state index >= 15 is 0 Å². The lowest BCUT2D eigenvalue weighted by Gasteiger charge is -2.36. The second-order valence-corrected chi connectivity index (χ2v) is 20.6. The molecule has 11 aromatic carbocycles. The summed E-state index contributed by atoms with van der Waals surface area (Å²) in [4.78, 5) is 9.59. The second-order valence-electron chi connectivity index (χ2n) is 18.1. The van der Waals surface area contributed by atoms with Crippen molar-refractivity contribution in [3.63, 3.8) is 0 Å². The van der Waals surface area contributed by atoms with Gasteiger partial charge < -0.3 is 14.4 Å². The number of halogens is 1. The van der Waals surface area contributed by atoms with Gasteiger partial charge in [0.15, 0.2) is 0 Å². The number of para-hydroxylation sites is 6. The van der Waals surface area contributed by atoms with Gasteiger partial charge in [0.25, 0.3) is 0 Å². The summed E-state index contributed by atoms with van der Waals surface area (Å²) in [6.45, 7) is 0. The molecule has 2 aliphatic rings. The lowest BCUT2D eigenvalue weighted by molar-refractivity contribution is 1.16. The van der Waals surface area contributed by atoms with E-state index in [1.54, 1.807) is 0 Å². The first-order chi connectivity index (χ1) is 35.7. The minimum atomic E-state index is 0.606. The van der Waals surface area contributed by atoms with Crippen molar-refractivity contribution in [2.45, 2.75) is 19.6 Å². The van der Waals surface area contributed by atoms with E-state index in [0.717, 1.165) is 95.4 Å². The normalized spacial score (nSPS) is 12.6. The van der Waals surface area contributed by atoms with Crippen molar-refractivity contribution in [2.75, 3.05) is 9.80 Å². The van der Waals surface area contributed by atoms with Gasteiger partial charge in [-0.1, -0.05) is 217 Å². The van der Waals surface area contributed by atoms with Gasteiger partial charge in [0.05, 0.1) is 55.9 Å². The van der Waals surface area contributed by atoms with E-state index < -0.39 is 0 Å². The Labute approximate surface area is 432 Å².